The highest BCUT2D eigenvalue weighted by molar-refractivity contribution is 5.95. The number of hydrogen-bond acceptors (Lipinski definition) is 5. The molecule has 7 heteroatoms. The lowest BCUT2D eigenvalue weighted by Gasteiger charge is -2.14. The van der Waals surface area contributed by atoms with Crippen LogP contribution in [0.1, 0.15) is 16.1 Å². The van der Waals surface area contributed by atoms with Gasteiger partial charge in [0.2, 0.25) is 0 Å². The van der Waals surface area contributed by atoms with Gasteiger partial charge in [0.15, 0.2) is 11.8 Å². The maximum Gasteiger partial charge on any atom is 0.328 e. The van der Waals surface area contributed by atoms with Gasteiger partial charge in [0.05, 0.1) is 26.6 Å². The van der Waals surface area contributed by atoms with Gasteiger partial charge in [0, 0.05) is 5.56 Å². The standard InChI is InChI=1S/C22H21NO6/c1-27-18-9-7-16(8-10-18)17-11-20(29-13-17)21(24)23-19(22(25)26)14-28-12-15-5-3-2-4-6-15/h2-11,13,19H,12,14H2,1H3,(H,23,24)(H,25,26)/t19-/m0/s1. The molecule has 150 valence electrons. The fraction of sp³-hybridized carbons (Fsp3) is 0.182. The fourth-order valence-corrected chi connectivity index (χ4v) is 2.66. The molecule has 1 aromatic heterocycles. The number of carboxylic acids is 1. The zero-order chi connectivity index (χ0) is 20.6. The van der Waals surface area contributed by atoms with Crippen molar-refractivity contribution in [3.63, 3.8) is 0 Å². The van der Waals surface area contributed by atoms with E-state index in [0.717, 1.165) is 16.9 Å². The SMILES string of the molecule is COc1ccc(-c2coc(C(=O)N[C@@H](COCc3ccccc3)C(=O)O)c2)cc1. The van der Waals surface area contributed by atoms with E-state index in [1.165, 1.54) is 6.26 Å². The van der Waals surface area contributed by atoms with Crippen LogP contribution >= 0.6 is 0 Å². The predicted molar refractivity (Wildman–Crippen MR) is 106 cm³/mol. The van der Waals surface area contributed by atoms with Crippen LogP contribution in [0.5, 0.6) is 5.75 Å². The number of furan rings is 1. The Labute approximate surface area is 167 Å². The Balaban J connectivity index is 1.59. The summed E-state index contributed by atoms with van der Waals surface area (Å²) in [5, 5.41) is 11.8. The number of ether oxygens (including phenoxy) is 2. The number of rotatable bonds is 9. The van der Waals surface area contributed by atoms with E-state index in [0.29, 0.717) is 5.56 Å². The Morgan fingerprint density at radius 1 is 1.07 bits per heavy atom. The average molecular weight is 395 g/mol. The number of hydrogen-bond donors (Lipinski definition) is 2. The summed E-state index contributed by atoms with van der Waals surface area (Å²) in [6, 6.07) is 17.0. The molecule has 0 radical (unpaired) electrons. The first-order valence-electron chi connectivity index (χ1n) is 8.95. The Bertz CT molecular complexity index is 949. The van der Waals surface area contributed by atoms with E-state index in [9.17, 15) is 14.7 Å². The summed E-state index contributed by atoms with van der Waals surface area (Å²) in [4.78, 5) is 23.9. The molecule has 2 N–H and O–H groups in total. The lowest BCUT2D eigenvalue weighted by Crippen LogP contribution is -2.43. The second kappa shape index (κ2) is 9.57. The first kappa shape index (κ1) is 20.2. The number of carboxylic acid groups (broad SMARTS) is 1. The average Bonchev–Trinajstić information content (AvgIpc) is 3.24. The van der Waals surface area contributed by atoms with Gasteiger partial charge in [-0.2, -0.15) is 0 Å². The first-order valence-corrected chi connectivity index (χ1v) is 8.95. The van der Waals surface area contributed by atoms with E-state index in [-0.39, 0.29) is 19.0 Å². The van der Waals surface area contributed by atoms with Crippen molar-refractivity contribution >= 4 is 11.9 Å². The second-order valence-corrected chi connectivity index (χ2v) is 6.29. The van der Waals surface area contributed by atoms with Gasteiger partial charge in [0.25, 0.3) is 5.91 Å². The summed E-state index contributed by atoms with van der Waals surface area (Å²) in [5.74, 6) is -1.08. The van der Waals surface area contributed by atoms with E-state index >= 15 is 0 Å². The van der Waals surface area contributed by atoms with E-state index in [2.05, 4.69) is 5.32 Å². The molecule has 0 fully saturated rings. The first-order chi connectivity index (χ1) is 14.1. The lowest BCUT2D eigenvalue weighted by atomic mass is 10.1. The van der Waals surface area contributed by atoms with Gasteiger partial charge in [-0.15, -0.1) is 0 Å². The van der Waals surface area contributed by atoms with Gasteiger partial charge in [-0.05, 0) is 29.3 Å². The summed E-state index contributed by atoms with van der Waals surface area (Å²) in [6.07, 6.45) is 1.44. The number of benzene rings is 2. The molecule has 1 atom stereocenters. The van der Waals surface area contributed by atoms with Crippen LogP contribution in [0.25, 0.3) is 11.1 Å². The fourth-order valence-electron chi connectivity index (χ4n) is 2.66. The van der Waals surface area contributed by atoms with Gasteiger partial charge in [0.1, 0.15) is 5.75 Å². The van der Waals surface area contributed by atoms with Crippen molar-refractivity contribution in [3.8, 4) is 16.9 Å². The molecule has 0 aliphatic heterocycles. The van der Waals surface area contributed by atoms with Crippen LogP contribution in [0.4, 0.5) is 0 Å². The molecule has 2 aromatic carbocycles. The maximum atomic E-state index is 12.4. The number of carbonyl (C=O) groups excluding carboxylic acids is 1. The van der Waals surface area contributed by atoms with Crippen molar-refractivity contribution in [3.05, 3.63) is 78.3 Å². The third-order valence-electron chi connectivity index (χ3n) is 4.25. The Hall–Kier alpha value is -3.58. The summed E-state index contributed by atoms with van der Waals surface area (Å²) in [5.41, 5.74) is 2.46. The molecule has 1 amide bonds. The van der Waals surface area contributed by atoms with E-state index in [4.69, 9.17) is 13.9 Å². The predicted octanol–water partition coefficient (Wildman–Crippen LogP) is 3.36. The number of methoxy groups -OCH3 is 1. The lowest BCUT2D eigenvalue weighted by molar-refractivity contribution is -0.141. The third kappa shape index (κ3) is 5.46. The molecule has 0 saturated carbocycles. The molecule has 7 nitrogen and oxygen atoms in total. The smallest absolute Gasteiger partial charge is 0.328 e. The maximum absolute atomic E-state index is 12.4. The van der Waals surface area contributed by atoms with E-state index in [1.54, 1.807) is 25.3 Å². The molecule has 3 aromatic rings. The monoisotopic (exact) mass is 395 g/mol. The highest BCUT2D eigenvalue weighted by atomic mass is 16.5. The molecule has 3 rings (SSSR count). The molecular weight excluding hydrogens is 374 g/mol. The van der Waals surface area contributed by atoms with Crippen LogP contribution in [0.3, 0.4) is 0 Å². The minimum absolute atomic E-state index is 0.0186. The van der Waals surface area contributed by atoms with Crippen molar-refractivity contribution in [1.82, 2.24) is 5.32 Å². The summed E-state index contributed by atoms with van der Waals surface area (Å²) < 4.78 is 15.9. The number of amides is 1. The molecule has 0 aliphatic rings. The van der Waals surface area contributed by atoms with Gasteiger partial charge in [-0.25, -0.2) is 4.79 Å². The largest absolute Gasteiger partial charge is 0.497 e. The zero-order valence-corrected chi connectivity index (χ0v) is 15.8. The molecule has 0 spiro atoms. The van der Waals surface area contributed by atoms with Crippen molar-refractivity contribution in [2.75, 3.05) is 13.7 Å². The van der Waals surface area contributed by atoms with Crippen LogP contribution in [0.15, 0.2) is 71.3 Å². The van der Waals surface area contributed by atoms with Crippen LogP contribution in [-0.4, -0.2) is 36.7 Å². The van der Waals surface area contributed by atoms with Crippen LogP contribution in [0, 0.1) is 0 Å². The zero-order valence-electron chi connectivity index (χ0n) is 15.8. The number of carbonyl (C=O) groups is 2. The Kier molecular flexibility index (Phi) is 6.65. The molecular formula is C22H21NO6. The quantitative estimate of drug-likeness (QED) is 0.577. The molecule has 29 heavy (non-hydrogen) atoms. The summed E-state index contributed by atoms with van der Waals surface area (Å²) in [6.45, 7) is 0.0882. The Morgan fingerprint density at radius 3 is 2.45 bits per heavy atom. The summed E-state index contributed by atoms with van der Waals surface area (Å²) in [7, 11) is 1.58. The topological polar surface area (TPSA) is 98.0 Å². The second-order valence-electron chi connectivity index (χ2n) is 6.29. The van der Waals surface area contributed by atoms with Gasteiger partial charge in [-0.1, -0.05) is 42.5 Å². The number of nitrogens with one attached hydrogen (secondary N) is 1. The molecule has 0 aliphatic carbocycles. The van der Waals surface area contributed by atoms with Crippen molar-refractivity contribution < 1.29 is 28.6 Å². The van der Waals surface area contributed by atoms with Crippen LogP contribution in [0.2, 0.25) is 0 Å². The summed E-state index contributed by atoms with van der Waals surface area (Å²) >= 11 is 0. The highest BCUT2D eigenvalue weighted by Crippen LogP contribution is 2.24. The minimum Gasteiger partial charge on any atom is -0.497 e. The third-order valence-corrected chi connectivity index (χ3v) is 4.25. The Morgan fingerprint density at radius 2 is 1.79 bits per heavy atom. The van der Waals surface area contributed by atoms with E-state index in [1.807, 2.05) is 42.5 Å². The van der Waals surface area contributed by atoms with Crippen molar-refractivity contribution in [2.24, 2.45) is 0 Å². The van der Waals surface area contributed by atoms with Gasteiger partial charge in [-0.3, -0.25) is 4.79 Å². The van der Waals surface area contributed by atoms with Crippen molar-refractivity contribution in [2.45, 2.75) is 12.6 Å². The molecule has 1 heterocycles. The number of aliphatic carboxylic acids is 1. The highest BCUT2D eigenvalue weighted by Gasteiger charge is 2.23. The van der Waals surface area contributed by atoms with Gasteiger partial charge >= 0.3 is 5.97 Å². The normalized spacial score (nSPS) is 11.6. The van der Waals surface area contributed by atoms with Crippen LogP contribution < -0.4 is 10.1 Å². The molecule has 0 saturated heterocycles. The van der Waals surface area contributed by atoms with Gasteiger partial charge < -0.3 is 24.3 Å². The van der Waals surface area contributed by atoms with E-state index < -0.39 is 17.9 Å². The molecule has 0 bridgehead atoms. The molecule has 0 unspecified atom stereocenters. The minimum atomic E-state index is -1.19. The van der Waals surface area contributed by atoms with Crippen LogP contribution in [-0.2, 0) is 16.1 Å². The van der Waals surface area contributed by atoms with Crippen molar-refractivity contribution in [1.29, 1.82) is 0 Å².